The van der Waals surface area contributed by atoms with Crippen LogP contribution in [0, 0.1) is 42.9 Å². The van der Waals surface area contributed by atoms with Gasteiger partial charge in [-0.2, -0.15) is 0 Å². The van der Waals surface area contributed by atoms with E-state index >= 15 is 0 Å². The van der Waals surface area contributed by atoms with E-state index < -0.39 is 6.04 Å². The lowest BCUT2D eigenvalue weighted by Gasteiger charge is -2.55. The molecule has 0 aliphatic heterocycles. The predicted molar refractivity (Wildman–Crippen MR) is 116 cm³/mol. The Morgan fingerprint density at radius 3 is 2.17 bits per heavy atom. The van der Waals surface area contributed by atoms with Gasteiger partial charge in [0.2, 0.25) is 11.8 Å². The molecule has 6 nitrogen and oxygen atoms in total. The highest BCUT2D eigenvalue weighted by Crippen LogP contribution is 2.60. The summed E-state index contributed by atoms with van der Waals surface area (Å²) in [5, 5.41) is 6.00. The molecule has 0 saturated heterocycles. The lowest BCUT2D eigenvalue weighted by Crippen LogP contribution is -2.58. The van der Waals surface area contributed by atoms with Crippen LogP contribution in [-0.2, 0) is 16.1 Å². The first-order chi connectivity index (χ1) is 14.2. The molecule has 4 aliphatic rings. The molecule has 0 unspecified atom stereocenters. The molecule has 6 heteroatoms. The van der Waals surface area contributed by atoms with Crippen molar-refractivity contribution in [3.63, 3.8) is 0 Å². The molecule has 1 aromatic heterocycles. The highest BCUT2D eigenvalue weighted by Gasteiger charge is 2.55. The molecule has 1 heterocycles. The third kappa shape index (κ3) is 3.93. The van der Waals surface area contributed by atoms with Gasteiger partial charge in [0.1, 0.15) is 6.04 Å². The van der Waals surface area contributed by atoms with Crippen LogP contribution in [0.4, 0.5) is 0 Å². The summed E-state index contributed by atoms with van der Waals surface area (Å²) in [6.45, 7) is 7.78. The molecule has 0 spiro atoms. The minimum Gasteiger partial charge on any atom is -0.350 e. The molecule has 4 bridgehead atoms. The molecule has 4 saturated carbocycles. The quantitative estimate of drug-likeness (QED) is 0.670. The Bertz CT molecular complexity index is 866. The largest absolute Gasteiger partial charge is 0.350 e. The third-order valence-corrected chi connectivity index (χ3v) is 7.69. The zero-order valence-corrected chi connectivity index (χ0v) is 18.6. The van der Waals surface area contributed by atoms with Crippen molar-refractivity contribution in [1.29, 1.82) is 0 Å². The van der Waals surface area contributed by atoms with Crippen LogP contribution in [0.5, 0.6) is 0 Å². The van der Waals surface area contributed by atoms with E-state index in [-0.39, 0.29) is 35.3 Å². The van der Waals surface area contributed by atoms with E-state index in [9.17, 15) is 14.4 Å². The Labute approximate surface area is 178 Å². The highest BCUT2D eigenvalue weighted by atomic mass is 16.2. The number of H-pyrrole nitrogens is 1. The normalized spacial score (nSPS) is 30.4. The maximum absolute atomic E-state index is 13.4. The number of aryl methyl sites for hydroxylation is 2. The molecule has 4 fully saturated rings. The second kappa shape index (κ2) is 7.86. The minimum atomic E-state index is -0.588. The standard InChI is InChI=1S/C24H35N3O3/c1-13(2)20(22(29)25-12-19-14(3)5-15(4)26-21(19)28)27-23(30)24-9-16-6-17(10-24)8-18(7-16)11-24/h5,13,16-18,20H,6-12H2,1-4H3,(H,25,29)(H,26,28)(H,27,30)/t16?,17?,18?,20-,24?/m0/s1. The van der Waals surface area contributed by atoms with Crippen LogP contribution >= 0.6 is 0 Å². The van der Waals surface area contributed by atoms with Crippen molar-refractivity contribution in [1.82, 2.24) is 15.6 Å². The summed E-state index contributed by atoms with van der Waals surface area (Å²) in [5.41, 5.74) is 1.77. The fourth-order valence-corrected chi connectivity index (χ4v) is 6.60. The zero-order chi connectivity index (χ0) is 21.6. The summed E-state index contributed by atoms with van der Waals surface area (Å²) in [6, 6.07) is 1.31. The molecular weight excluding hydrogens is 378 g/mol. The maximum Gasteiger partial charge on any atom is 0.253 e. The summed E-state index contributed by atoms with van der Waals surface area (Å²) in [7, 11) is 0. The molecular formula is C24H35N3O3. The monoisotopic (exact) mass is 413 g/mol. The summed E-state index contributed by atoms with van der Waals surface area (Å²) < 4.78 is 0. The molecule has 30 heavy (non-hydrogen) atoms. The number of rotatable bonds is 6. The minimum absolute atomic E-state index is 0.0275. The van der Waals surface area contributed by atoms with Crippen LogP contribution < -0.4 is 16.2 Å². The van der Waals surface area contributed by atoms with Gasteiger partial charge in [0, 0.05) is 23.2 Å². The van der Waals surface area contributed by atoms with Crippen molar-refractivity contribution in [2.45, 2.75) is 78.8 Å². The number of hydrogen-bond acceptors (Lipinski definition) is 3. The summed E-state index contributed by atoms with van der Waals surface area (Å²) in [5.74, 6) is 1.88. The van der Waals surface area contributed by atoms with Crippen molar-refractivity contribution >= 4 is 11.8 Å². The van der Waals surface area contributed by atoms with Crippen molar-refractivity contribution in [2.75, 3.05) is 0 Å². The number of amides is 2. The first kappa shape index (κ1) is 21.1. The lowest BCUT2D eigenvalue weighted by atomic mass is 9.49. The molecule has 164 valence electrons. The van der Waals surface area contributed by atoms with E-state index in [2.05, 4.69) is 15.6 Å². The number of pyridine rings is 1. The van der Waals surface area contributed by atoms with Crippen LogP contribution in [0.25, 0.3) is 0 Å². The van der Waals surface area contributed by atoms with Crippen LogP contribution in [0.2, 0.25) is 0 Å². The Balaban J connectivity index is 1.43. The van der Waals surface area contributed by atoms with Gasteiger partial charge in [-0.1, -0.05) is 13.8 Å². The molecule has 5 rings (SSSR count). The Morgan fingerprint density at radius 1 is 1.10 bits per heavy atom. The molecule has 2 amide bonds. The van der Waals surface area contributed by atoms with Gasteiger partial charge in [-0.05, 0) is 87.7 Å². The number of aromatic nitrogens is 1. The second-order valence-corrected chi connectivity index (χ2v) is 10.6. The van der Waals surface area contributed by atoms with Crippen LogP contribution in [0.1, 0.15) is 69.2 Å². The Hall–Kier alpha value is -2.11. The van der Waals surface area contributed by atoms with E-state index in [1.807, 2.05) is 33.8 Å². The molecule has 1 atom stereocenters. The van der Waals surface area contributed by atoms with E-state index in [0.29, 0.717) is 23.3 Å². The highest BCUT2D eigenvalue weighted by molar-refractivity contribution is 5.90. The molecule has 3 N–H and O–H groups in total. The van der Waals surface area contributed by atoms with Gasteiger partial charge in [0.05, 0.1) is 0 Å². The van der Waals surface area contributed by atoms with Gasteiger partial charge < -0.3 is 15.6 Å². The van der Waals surface area contributed by atoms with Crippen LogP contribution in [-0.4, -0.2) is 22.8 Å². The smallest absolute Gasteiger partial charge is 0.253 e. The number of hydrogen-bond donors (Lipinski definition) is 3. The van der Waals surface area contributed by atoms with E-state index in [0.717, 1.165) is 30.5 Å². The molecule has 1 aromatic rings. The Kier molecular flexibility index (Phi) is 5.54. The summed E-state index contributed by atoms with van der Waals surface area (Å²) >= 11 is 0. The SMILES string of the molecule is Cc1cc(C)c(CNC(=O)[C@@H](NC(=O)C23CC4CC(CC(C4)C2)C3)C(C)C)c(=O)[nH]1. The number of nitrogens with one attached hydrogen (secondary N) is 3. The van der Waals surface area contributed by atoms with Gasteiger partial charge in [0.25, 0.3) is 5.56 Å². The zero-order valence-electron chi connectivity index (χ0n) is 18.6. The van der Waals surface area contributed by atoms with Crippen LogP contribution in [0.3, 0.4) is 0 Å². The first-order valence-corrected chi connectivity index (χ1v) is 11.4. The van der Waals surface area contributed by atoms with Gasteiger partial charge in [0.15, 0.2) is 0 Å². The van der Waals surface area contributed by atoms with Crippen molar-refractivity contribution in [3.8, 4) is 0 Å². The van der Waals surface area contributed by atoms with Crippen molar-refractivity contribution < 1.29 is 9.59 Å². The average molecular weight is 414 g/mol. The number of aromatic amines is 1. The third-order valence-electron chi connectivity index (χ3n) is 7.69. The second-order valence-electron chi connectivity index (χ2n) is 10.6. The van der Waals surface area contributed by atoms with Gasteiger partial charge in [-0.3, -0.25) is 14.4 Å². The molecule has 4 aliphatic carbocycles. The van der Waals surface area contributed by atoms with Crippen molar-refractivity contribution in [2.24, 2.45) is 29.1 Å². The van der Waals surface area contributed by atoms with Gasteiger partial charge >= 0.3 is 0 Å². The fraction of sp³-hybridized carbons (Fsp3) is 0.708. The van der Waals surface area contributed by atoms with E-state index in [4.69, 9.17) is 0 Å². The fourth-order valence-electron chi connectivity index (χ4n) is 6.60. The Morgan fingerprint density at radius 2 is 1.67 bits per heavy atom. The van der Waals surface area contributed by atoms with E-state index in [1.165, 1.54) is 19.3 Å². The summed E-state index contributed by atoms with van der Waals surface area (Å²) in [4.78, 5) is 41.4. The van der Waals surface area contributed by atoms with Crippen molar-refractivity contribution in [3.05, 3.63) is 33.2 Å². The van der Waals surface area contributed by atoms with Gasteiger partial charge in [-0.15, -0.1) is 0 Å². The topological polar surface area (TPSA) is 91.1 Å². The molecule has 0 aromatic carbocycles. The van der Waals surface area contributed by atoms with Crippen LogP contribution in [0.15, 0.2) is 10.9 Å². The van der Waals surface area contributed by atoms with E-state index in [1.54, 1.807) is 0 Å². The van der Waals surface area contributed by atoms with Gasteiger partial charge in [-0.25, -0.2) is 0 Å². The predicted octanol–water partition coefficient (Wildman–Crippen LogP) is 2.97. The first-order valence-electron chi connectivity index (χ1n) is 11.4. The molecule has 0 radical (unpaired) electrons. The summed E-state index contributed by atoms with van der Waals surface area (Å²) in [6.07, 6.45) is 6.79. The number of carbonyl (C=O) groups excluding carboxylic acids is 2. The number of carbonyl (C=O) groups is 2. The maximum atomic E-state index is 13.4. The average Bonchev–Trinajstić information content (AvgIpc) is 2.63. The lowest BCUT2D eigenvalue weighted by molar-refractivity contribution is -0.149.